The first-order valence-corrected chi connectivity index (χ1v) is 6.87. The summed E-state index contributed by atoms with van der Waals surface area (Å²) in [4.78, 5) is 1.29. The Morgan fingerprint density at radius 2 is 1.81 bits per heavy atom. The van der Waals surface area contributed by atoms with E-state index in [1.165, 1.54) is 23.3 Å². The van der Waals surface area contributed by atoms with Crippen molar-refractivity contribution in [2.45, 2.75) is 23.6 Å². The van der Waals surface area contributed by atoms with E-state index >= 15 is 0 Å². The summed E-state index contributed by atoms with van der Waals surface area (Å²) in [6.07, 6.45) is 2.42. The summed E-state index contributed by atoms with van der Waals surface area (Å²) in [7, 11) is 0. The highest BCUT2D eigenvalue weighted by atomic mass is 35.5. The van der Waals surface area contributed by atoms with Gasteiger partial charge >= 0.3 is 0 Å². The van der Waals surface area contributed by atoms with Crippen molar-refractivity contribution in [1.29, 1.82) is 0 Å². The molecule has 1 atom stereocenters. The van der Waals surface area contributed by atoms with Crippen LogP contribution in [0.5, 0.6) is 0 Å². The first-order valence-electron chi connectivity index (χ1n) is 5.56. The van der Waals surface area contributed by atoms with Gasteiger partial charge in [-0.3, -0.25) is 0 Å². The molecular weight excluding hydrogens is 236 g/mol. The van der Waals surface area contributed by atoms with Gasteiger partial charge in [0.05, 0.1) is 5.38 Å². The SMILES string of the molecule is ClC(c1cccs1)C1(c2ccccc2)CC1. The average molecular weight is 249 g/mol. The van der Waals surface area contributed by atoms with Crippen LogP contribution in [-0.2, 0) is 5.41 Å². The maximum absolute atomic E-state index is 6.65. The lowest BCUT2D eigenvalue weighted by Gasteiger charge is -2.21. The van der Waals surface area contributed by atoms with Gasteiger partial charge in [-0.25, -0.2) is 0 Å². The van der Waals surface area contributed by atoms with Crippen molar-refractivity contribution in [2.75, 3.05) is 0 Å². The summed E-state index contributed by atoms with van der Waals surface area (Å²) < 4.78 is 0. The Bertz CT molecular complexity index is 457. The van der Waals surface area contributed by atoms with E-state index in [0.29, 0.717) is 0 Å². The minimum Gasteiger partial charge on any atom is -0.147 e. The molecule has 1 fully saturated rings. The van der Waals surface area contributed by atoms with Crippen LogP contribution in [-0.4, -0.2) is 0 Å². The van der Waals surface area contributed by atoms with Crippen LogP contribution in [0, 0.1) is 0 Å². The molecule has 1 aromatic carbocycles. The van der Waals surface area contributed by atoms with Crippen LogP contribution < -0.4 is 0 Å². The number of benzene rings is 1. The van der Waals surface area contributed by atoms with Crippen molar-refractivity contribution in [2.24, 2.45) is 0 Å². The van der Waals surface area contributed by atoms with Gasteiger partial charge < -0.3 is 0 Å². The quantitative estimate of drug-likeness (QED) is 0.687. The highest BCUT2D eigenvalue weighted by molar-refractivity contribution is 7.10. The van der Waals surface area contributed by atoms with Crippen molar-refractivity contribution < 1.29 is 0 Å². The van der Waals surface area contributed by atoms with Crippen LogP contribution in [0.25, 0.3) is 0 Å². The van der Waals surface area contributed by atoms with Crippen LogP contribution >= 0.6 is 22.9 Å². The molecule has 16 heavy (non-hydrogen) atoms. The maximum atomic E-state index is 6.65. The topological polar surface area (TPSA) is 0 Å². The molecule has 0 nitrogen and oxygen atoms in total. The van der Waals surface area contributed by atoms with Gasteiger partial charge in [0.1, 0.15) is 0 Å². The van der Waals surface area contributed by atoms with E-state index in [1.807, 2.05) is 0 Å². The van der Waals surface area contributed by atoms with Gasteiger partial charge in [-0.1, -0.05) is 36.4 Å². The molecule has 0 amide bonds. The highest BCUT2D eigenvalue weighted by Gasteiger charge is 2.50. The summed E-state index contributed by atoms with van der Waals surface area (Å²) >= 11 is 8.41. The zero-order chi connectivity index (χ0) is 11.0. The minimum absolute atomic E-state index is 0.134. The molecule has 2 aromatic rings. The number of halogens is 1. The zero-order valence-electron chi connectivity index (χ0n) is 8.90. The number of rotatable bonds is 3. The zero-order valence-corrected chi connectivity index (χ0v) is 10.5. The Morgan fingerprint density at radius 3 is 2.38 bits per heavy atom. The van der Waals surface area contributed by atoms with Crippen LogP contribution in [0.4, 0.5) is 0 Å². The molecule has 0 saturated heterocycles. The predicted molar refractivity (Wildman–Crippen MR) is 70.3 cm³/mol. The Kier molecular flexibility index (Phi) is 2.53. The number of alkyl halides is 1. The van der Waals surface area contributed by atoms with Gasteiger partial charge in [-0.15, -0.1) is 22.9 Å². The second-order valence-corrected chi connectivity index (χ2v) is 5.82. The Hall–Kier alpha value is -0.790. The van der Waals surface area contributed by atoms with Crippen LogP contribution in [0.1, 0.15) is 28.7 Å². The summed E-state index contributed by atoms with van der Waals surface area (Å²) in [5.41, 5.74) is 1.59. The number of thiophene rings is 1. The fraction of sp³-hybridized carbons (Fsp3) is 0.286. The molecule has 1 aliphatic rings. The first kappa shape index (κ1) is 10.4. The molecule has 2 heteroatoms. The lowest BCUT2D eigenvalue weighted by molar-refractivity contribution is 0.670. The van der Waals surface area contributed by atoms with Gasteiger partial charge in [-0.05, 0) is 29.9 Å². The monoisotopic (exact) mass is 248 g/mol. The molecule has 3 rings (SSSR count). The third-order valence-corrected chi connectivity index (χ3v) is 5.13. The second kappa shape index (κ2) is 3.90. The van der Waals surface area contributed by atoms with E-state index in [4.69, 9.17) is 11.6 Å². The molecule has 0 spiro atoms. The van der Waals surface area contributed by atoms with E-state index in [0.717, 1.165) is 0 Å². The average Bonchev–Trinajstić information content (AvgIpc) is 2.97. The molecule has 82 valence electrons. The number of hydrogen-bond donors (Lipinski definition) is 0. The molecule has 0 N–H and O–H groups in total. The van der Waals surface area contributed by atoms with E-state index in [9.17, 15) is 0 Å². The third-order valence-electron chi connectivity index (χ3n) is 3.42. The second-order valence-electron chi connectivity index (χ2n) is 4.40. The van der Waals surface area contributed by atoms with Gasteiger partial charge in [0.2, 0.25) is 0 Å². The van der Waals surface area contributed by atoms with Crippen molar-refractivity contribution >= 4 is 22.9 Å². The Labute approximate surface area is 105 Å². The molecule has 1 unspecified atom stereocenters. The lowest BCUT2D eigenvalue weighted by Crippen LogP contribution is -2.12. The summed E-state index contributed by atoms with van der Waals surface area (Å²) in [6, 6.07) is 14.9. The van der Waals surface area contributed by atoms with E-state index in [2.05, 4.69) is 47.8 Å². The smallest absolute Gasteiger partial charge is 0.0774 e. The predicted octanol–water partition coefficient (Wildman–Crippen LogP) is 4.76. The molecule has 0 aliphatic heterocycles. The van der Waals surface area contributed by atoms with Crippen molar-refractivity contribution in [1.82, 2.24) is 0 Å². The fourth-order valence-electron chi connectivity index (χ4n) is 2.30. The molecular formula is C14H13ClS. The van der Waals surface area contributed by atoms with Gasteiger partial charge in [0.15, 0.2) is 0 Å². The third kappa shape index (κ3) is 1.59. The Balaban J connectivity index is 1.95. The van der Waals surface area contributed by atoms with Crippen molar-refractivity contribution in [3.05, 3.63) is 58.3 Å². The summed E-state index contributed by atoms with van der Waals surface area (Å²) in [5.74, 6) is 0. The van der Waals surface area contributed by atoms with E-state index < -0.39 is 0 Å². The fourth-order valence-corrected chi connectivity index (χ4v) is 3.69. The van der Waals surface area contributed by atoms with E-state index in [1.54, 1.807) is 11.3 Å². The van der Waals surface area contributed by atoms with Crippen molar-refractivity contribution in [3.63, 3.8) is 0 Å². The molecule has 0 bridgehead atoms. The van der Waals surface area contributed by atoms with Crippen LogP contribution in [0.3, 0.4) is 0 Å². The molecule has 1 saturated carbocycles. The van der Waals surface area contributed by atoms with Gasteiger partial charge in [0.25, 0.3) is 0 Å². The molecule has 1 heterocycles. The van der Waals surface area contributed by atoms with Crippen molar-refractivity contribution in [3.8, 4) is 0 Å². The van der Waals surface area contributed by atoms with Crippen LogP contribution in [0.15, 0.2) is 47.8 Å². The highest BCUT2D eigenvalue weighted by Crippen LogP contribution is 2.59. The normalized spacial score (nSPS) is 19.3. The maximum Gasteiger partial charge on any atom is 0.0774 e. The summed E-state index contributed by atoms with van der Waals surface area (Å²) in [6.45, 7) is 0. The molecule has 0 radical (unpaired) electrons. The first-order chi connectivity index (χ1) is 7.83. The van der Waals surface area contributed by atoms with E-state index in [-0.39, 0.29) is 10.8 Å². The minimum atomic E-state index is 0.134. The van der Waals surface area contributed by atoms with Gasteiger partial charge in [0, 0.05) is 10.3 Å². The Morgan fingerprint density at radius 1 is 1.06 bits per heavy atom. The van der Waals surface area contributed by atoms with Crippen LogP contribution in [0.2, 0.25) is 0 Å². The molecule has 1 aliphatic carbocycles. The number of hydrogen-bond acceptors (Lipinski definition) is 1. The largest absolute Gasteiger partial charge is 0.147 e. The summed E-state index contributed by atoms with van der Waals surface area (Å²) in [5, 5.41) is 2.24. The lowest BCUT2D eigenvalue weighted by atomic mass is 9.91. The molecule has 1 aromatic heterocycles. The standard InChI is InChI=1S/C14H13ClS/c15-13(12-7-4-10-16-12)14(8-9-14)11-5-2-1-3-6-11/h1-7,10,13H,8-9H2. The van der Waals surface area contributed by atoms with Gasteiger partial charge in [-0.2, -0.15) is 0 Å².